The van der Waals surface area contributed by atoms with Gasteiger partial charge in [0.2, 0.25) is 5.91 Å². The van der Waals surface area contributed by atoms with Crippen molar-refractivity contribution in [2.24, 2.45) is 0 Å². The largest absolute Gasteiger partial charge is 0.495 e. The van der Waals surface area contributed by atoms with Crippen LogP contribution in [0.3, 0.4) is 0 Å². The molecular weight excluding hydrogens is 300 g/mol. The number of rotatable bonds is 6. The van der Waals surface area contributed by atoms with Gasteiger partial charge < -0.3 is 15.4 Å². The quantitative estimate of drug-likeness (QED) is 0.843. The summed E-state index contributed by atoms with van der Waals surface area (Å²) in [6, 6.07) is 13.1. The van der Waals surface area contributed by atoms with Gasteiger partial charge in [0.15, 0.2) is 0 Å². The Hall–Kier alpha value is -2.20. The van der Waals surface area contributed by atoms with Crippen molar-refractivity contribution in [2.75, 3.05) is 24.3 Å². The second kappa shape index (κ2) is 7.71. The zero-order valence-electron chi connectivity index (χ0n) is 12.7. The first kappa shape index (κ1) is 16.2. The van der Waals surface area contributed by atoms with Crippen LogP contribution < -0.4 is 15.4 Å². The summed E-state index contributed by atoms with van der Waals surface area (Å²) in [7, 11) is 1.58. The molecule has 4 nitrogen and oxygen atoms in total. The smallest absolute Gasteiger partial charge is 0.226 e. The average molecular weight is 319 g/mol. The highest BCUT2D eigenvalue weighted by molar-refractivity contribution is 6.33. The molecule has 2 rings (SSSR count). The Morgan fingerprint density at radius 2 is 1.95 bits per heavy atom. The molecule has 0 atom stereocenters. The van der Waals surface area contributed by atoms with Crippen LogP contribution in [0.4, 0.5) is 11.4 Å². The molecule has 0 fully saturated rings. The Kier molecular flexibility index (Phi) is 5.67. The van der Waals surface area contributed by atoms with E-state index in [0.29, 0.717) is 29.4 Å². The van der Waals surface area contributed by atoms with E-state index in [0.717, 1.165) is 11.3 Å². The molecule has 1 amide bonds. The average Bonchev–Trinajstić information content (AvgIpc) is 2.49. The maximum absolute atomic E-state index is 12.0. The topological polar surface area (TPSA) is 50.4 Å². The fourth-order valence-electron chi connectivity index (χ4n) is 2.05. The van der Waals surface area contributed by atoms with Crippen molar-refractivity contribution >= 4 is 28.9 Å². The first-order valence-corrected chi connectivity index (χ1v) is 7.41. The Bertz CT molecular complexity index is 659. The molecule has 2 N–H and O–H groups in total. The number of hydrogen-bond acceptors (Lipinski definition) is 3. The van der Waals surface area contributed by atoms with E-state index < -0.39 is 0 Å². The summed E-state index contributed by atoms with van der Waals surface area (Å²) in [4.78, 5) is 12.0. The lowest BCUT2D eigenvalue weighted by Gasteiger charge is -2.12. The molecule has 2 aromatic carbocycles. The van der Waals surface area contributed by atoms with Gasteiger partial charge in [-0.1, -0.05) is 29.8 Å². The Labute approximate surface area is 135 Å². The molecule has 22 heavy (non-hydrogen) atoms. The van der Waals surface area contributed by atoms with Gasteiger partial charge in [-0.15, -0.1) is 0 Å². The summed E-state index contributed by atoms with van der Waals surface area (Å²) in [5, 5.41) is 6.65. The Balaban J connectivity index is 1.88. The van der Waals surface area contributed by atoms with Gasteiger partial charge in [0.05, 0.1) is 23.5 Å². The second-order valence-electron chi connectivity index (χ2n) is 4.91. The second-order valence-corrected chi connectivity index (χ2v) is 5.32. The summed E-state index contributed by atoms with van der Waals surface area (Å²) < 4.78 is 5.24. The van der Waals surface area contributed by atoms with Gasteiger partial charge in [-0.3, -0.25) is 4.79 Å². The van der Waals surface area contributed by atoms with Crippen LogP contribution in [-0.2, 0) is 4.79 Å². The lowest BCUT2D eigenvalue weighted by Crippen LogP contribution is -2.16. The molecule has 0 aliphatic rings. The summed E-state index contributed by atoms with van der Waals surface area (Å²) >= 11 is 6.05. The first-order chi connectivity index (χ1) is 10.6. The van der Waals surface area contributed by atoms with Crippen molar-refractivity contribution in [1.29, 1.82) is 0 Å². The highest BCUT2D eigenvalue weighted by atomic mass is 35.5. The molecule has 0 bridgehead atoms. The zero-order chi connectivity index (χ0) is 15.9. The lowest BCUT2D eigenvalue weighted by atomic mass is 10.2. The molecule has 0 saturated heterocycles. The van der Waals surface area contributed by atoms with Crippen LogP contribution in [0, 0.1) is 6.92 Å². The van der Waals surface area contributed by atoms with Crippen molar-refractivity contribution in [1.82, 2.24) is 0 Å². The van der Waals surface area contributed by atoms with Gasteiger partial charge in [-0.2, -0.15) is 0 Å². The third-order valence-corrected chi connectivity index (χ3v) is 3.50. The van der Waals surface area contributed by atoms with Crippen LogP contribution in [0.1, 0.15) is 12.0 Å². The van der Waals surface area contributed by atoms with E-state index in [9.17, 15) is 4.79 Å². The van der Waals surface area contributed by atoms with E-state index in [1.807, 2.05) is 49.4 Å². The number of nitrogens with one attached hydrogen (secondary N) is 2. The van der Waals surface area contributed by atoms with Crippen LogP contribution in [0.15, 0.2) is 42.5 Å². The predicted molar refractivity (Wildman–Crippen MR) is 90.9 cm³/mol. The van der Waals surface area contributed by atoms with Gasteiger partial charge in [-0.05, 0) is 36.8 Å². The minimum atomic E-state index is -0.0801. The fraction of sp³-hybridized carbons (Fsp3) is 0.235. The normalized spacial score (nSPS) is 10.1. The van der Waals surface area contributed by atoms with Gasteiger partial charge in [0, 0.05) is 13.0 Å². The van der Waals surface area contributed by atoms with Gasteiger partial charge in [0.25, 0.3) is 0 Å². The number of para-hydroxylation sites is 1. The van der Waals surface area contributed by atoms with Gasteiger partial charge in [0.1, 0.15) is 5.75 Å². The number of methoxy groups -OCH3 is 1. The predicted octanol–water partition coefficient (Wildman–Crippen LogP) is 4.10. The van der Waals surface area contributed by atoms with E-state index in [1.165, 1.54) is 0 Å². The molecule has 116 valence electrons. The molecule has 0 aliphatic heterocycles. The molecule has 5 heteroatoms. The van der Waals surface area contributed by atoms with E-state index in [1.54, 1.807) is 7.11 Å². The molecule has 0 saturated carbocycles. The van der Waals surface area contributed by atoms with Crippen molar-refractivity contribution in [3.8, 4) is 5.75 Å². The van der Waals surface area contributed by atoms with E-state index in [4.69, 9.17) is 16.3 Å². The minimum absolute atomic E-state index is 0.0801. The highest BCUT2D eigenvalue weighted by Crippen LogP contribution is 2.25. The number of anilines is 2. The summed E-state index contributed by atoms with van der Waals surface area (Å²) in [5.41, 5.74) is 2.57. The van der Waals surface area contributed by atoms with Crippen LogP contribution >= 0.6 is 11.6 Å². The summed E-state index contributed by atoms with van der Waals surface area (Å²) in [5.74, 6) is 0.571. The molecule has 0 aliphatic carbocycles. The lowest BCUT2D eigenvalue weighted by molar-refractivity contribution is -0.115. The van der Waals surface area contributed by atoms with Gasteiger partial charge >= 0.3 is 0 Å². The van der Waals surface area contributed by atoms with Crippen molar-refractivity contribution < 1.29 is 9.53 Å². The third-order valence-electron chi connectivity index (χ3n) is 3.17. The highest BCUT2D eigenvalue weighted by Gasteiger charge is 2.08. The standard InChI is InChI=1S/C17H19ClN2O2/c1-12-7-8-16(22-2)15(11-12)20-17(21)9-10-19-14-6-4-3-5-13(14)18/h3-8,11,19H,9-10H2,1-2H3,(H,20,21). The first-order valence-electron chi connectivity index (χ1n) is 7.03. The molecule has 0 radical (unpaired) electrons. The monoisotopic (exact) mass is 318 g/mol. The maximum Gasteiger partial charge on any atom is 0.226 e. The van der Waals surface area contributed by atoms with Crippen LogP contribution in [0.25, 0.3) is 0 Å². The number of ether oxygens (including phenoxy) is 1. The van der Waals surface area contributed by atoms with E-state index >= 15 is 0 Å². The molecule has 0 heterocycles. The van der Waals surface area contributed by atoms with Crippen LogP contribution in [0.5, 0.6) is 5.75 Å². The number of carbonyl (C=O) groups is 1. The fourth-order valence-corrected chi connectivity index (χ4v) is 2.25. The minimum Gasteiger partial charge on any atom is -0.495 e. The number of amides is 1. The molecule has 0 spiro atoms. The third kappa shape index (κ3) is 4.40. The molecular formula is C17H19ClN2O2. The molecule has 2 aromatic rings. The number of halogens is 1. The van der Waals surface area contributed by atoms with Crippen LogP contribution in [0.2, 0.25) is 5.02 Å². The summed E-state index contributed by atoms with van der Waals surface area (Å²) in [6.07, 6.45) is 0.336. The summed E-state index contributed by atoms with van der Waals surface area (Å²) in [6.45, 7) is 2.47. The van der Waals surface area contributed by atoms with Crippen molar-refractivity contribution in [3.63, 3.8) is 0 Å². The van der Waals surface area contributed by atoms with E-state index in [-0.39, 0.29) is 5.91 Å². The van der Waals surface area contributed by atoms with Crippen LogP contribution in [-0.4, -0.2) is 19.6 Å². The Morgan fingerprint density at radius 3 is 2.68 bits per heavy atom. The van der Waals surface area contributed by atoms with Gasteiger partial charge in [-0.25, -0.2) is 0 Å². The number of carbonyl (C=O) groups excluding carboxylic acids is 1. The van der Waals surface area contributed by atoms with Crippen molar-refractivity contribution in [2.45, 2.75) is 13.3 Å². The van der Waals surface area contributed by atoms with Crippen molar-refractivity contribution in [3.05, 3.63) is 53.1 Å². The number of aryl methyl sites for hydroxylation is 1. The molecule has 0 aromatic heterocycles. The van der Waals surface area contributed by atoms with E-state index in [2.05, 4.69) is 10.6 Å². The Morgan fingerprint density at radius 1 is 1.18 bits per heavy atom. The molecule has 0 unspecified atom stereocenters. The number of benzene rings is 2. The SMILES string of the molecule is COc1ccc(C)cc1NC(=O)CCNc1ccccc1Cl. The zero-order valence-corrected chi connectivity index (χ0v) is 13.4. The number of hydrogen-bond donors (Lipinski definition) is 2. The maximum atomic E-state index is 12.0.